The van der Waals surface area contributed by atoms with Gasteiger partial charge in [0.25, 0.3) is 0 Å². The Morgan fingerprint density at radius 3 is 2.33 bits per heavy atom. The van der Waals surface area contributed by atoms with Crippen LogP contribution in [0.2, 0.25) is 0 Å². The summed E-state index contributed by atoms with van der Waals surface area (Å²) in [5.41, 5.74) is -1.28. The number of rotatable bonds is 0. The standard InChI is InChI=1S/C6H2F4IN/c7-4-2-12-5(11)1-3(4)6(8,9)10/h1-2H. The average Bonchev–Trinajstić information content (AvgIpc) is 1.92. The van der Waals surface area contributed by atoms with Crippen molar-refractivity contribution in [3.05, 3.63) is 27.3 Å². The van der Waals surface area contributed by atoms with Crippen molar-refractivity contribution < 1.29 is 17.6 Å². The summed E-state index contributed by atoms with van der Waals surface area (Å²) in [5, 5.41) is 0. The molecule has 1 aromatic rings. The molecule has 66 valence electrons. The molecule has 0 saturated carbocycles. The Bertz CT molecular complexity index is 296. The highest BCUT2D eigenvalue weighted by Gasteiger charge is 2.34. The van der Waals surface area contributed by atoms with Gasteiger partial charge in [0, 0.05) is 0 Å². The first-order valence-electron chi connectivity index (χ1n) is 2.79. The third-order valence-corrected chi connectivity index (χ3v) is 1.72. The zero-order valence-corrected chi connectivity index (χ0v) is 7.65. The summed E-state index contributed by atoms with van der Waals surface area (Å²) >= 11 is 1.58. The molecule has 0 amide bonds. The maximum absolute atomic E-state index is 12.5. The molecular weight excluding hydrogens is 289 g/mol. The molecule has 0 aliphatic carbocycles. The maximum atomic E-state index is 12.5. The van der Waals surface area contributed by atoms with Crippen molar-refractivity contribution in [2.24, 2.45) is 0 Å². The molecule has 1 heterocycles. The Morgan fingerprint density at radius 2 is 1.92 bits per heavy atom. The van der Waals surface area contributed by atoms with E-state index in [2.05, 4.69) is 4.98 Å². The van der Waals surface area contributed by atoms with Gasteiger partial charge in [0.05, 0.1) is 11.8 Å². The lowest BCUT2D eigenvalue weighted by Crippen LogP contribution is -2.08. The topological polar surface area (TPSA) is 12.9 Å². The van der Waals surface area contributed by atoms with Gasteiger partial charge < -0.3 is 0 Å². The van der Waals surface area contributed by atoms with Crippen molar-refractivity contribution in [2.75, 3.05) is 0 Å². The molecule has 0 saturated heterocycles. The van der Waals surface area contributed by atoms with Gasteiger partial charge in [0.2, 0.25) is 0 Å². The minimum absolute atomic E-state index is 0.112. The molecule has 6 heteroatoms. The molecular formula is C6H2F4IN. The molecule has 0 fully saturated rings. The maximum Gasteiger partial charge on any atom is 0.419 e. The quantitative estimate of drug-likeness (QED) is 0.407. The second kappa shape index (κ2) is 3.15. The van der Waals surface area contributed by atoms with Crippen molar-refractivity contribution in [2.45, 2.75) is 6.18 Å². The lowest BCUT2D eigenvalue weighted by Gasteiger charge is -2.06. The third-order valence-electron chi connectivity index (χ3n) is 1.13. The van der Waals surface area contributed by atoms with E-state index in [-0.39, 0.29) is 3.70 Å². The van der Waals surface area contributed by atoms with Crippen molar-refractivity contribution in [1.29, 1.82) is 0 Å². The summed E-state index contributed by atoms with van der Waals surface area (Å²) in [6, 6.07) is 0.663. The van der Waals surface area contributed by atoms with Crippen LogP contribution in [-0.4, -0.2) is 4.98 Å². The second-order valence-electron chi connectivity index (χ2n) is 1.98. The van der Waals surface area contributed by atoms with E-state index >= 15 is 0 Å². The zero-order valence-electron chi connectivity index (χ0n) is 5.49. The van der Waals surface area contributed by atoms with Gasteiger partial charge in [-0.25, -0.2) is 9.37 Å². The first-order chi connectivity index (χ1) is 5.41. The van der Waals surface area contributed by atoms with Gasteiger partial charge in [-0.3, -0.25) is 0 Å². The molecule has 0 N–H and O–H groups in total. The number of alkyl halides is 3. The molecule has 0 bridgehead atoms. The highest BCUT2D eigenvalue weighted by molar-refractivity contribution is 14.1. The number of aromatic nitrogens is 1. The lowest BCUT2D eigenvalue weighted by atomic mass is 10.2. The van der Waals surface area contributed by atoms with E-state index < -0.39 is 17.6 Å². The lowest BCUT2D eigenvalue weighted by molar-refractivity contribution is -0.140. The van der Waals surface area contributed by atoms with Gasteiger partial charge in [-0.15, -0.1) is 0 Å². The number of nitrogens with zero attached hydrogens (tertiary/aromatic N) is 1. The van der Waals surface area contributed by atoms with E-state index in [1.807, 2.05) is 0 Å². The summed E-state index contributed by atoms with van der Waals surface area (Å²) in [6.45, 7) is 0. The van der Waals surface area contributed by atoms with Gasteiger partial charge in [-0.05, 0) is 28.7 Å². The van der Waals surface area contributed by atoms with Crippen LogP contribution in [0.15, 0.2) is 12.3 Å². The number of pyridine rings is 1. The molecule has 0 radical (unpaired) electrons. The molecule has 0 atom stereocenters. The highest BCUT2D eigenvalue weighted by atomic mass is 127. The summed E-state index contributed by atoms with van der Waals surface area (Å²) in [5.74, 6) is -1.34. The minimum Gasteiger partial charge on any atom is -0.247 e. The van der Waals surface area contributed by atoms with E-state index in [1.165, 1.54) is 0 Å². The first kappa shape index (κ1) is 9.69. The normalized spacial score (nSPS) is 11.8. The molecule has 0 unspecified atom stereocenters. The largest absolute Gasteiger partial charge is 0.419 e. The van der Waals surface area contributed by atoms with Gasteiger partial charge in [-0.2, -0.15) is 13.2 Å². The van der Waals surface area contributed by atoms with Crippen LogP contribution in [0.1, 0.15) is 5.56 Å². The third kappa shape index (κ3) is 2.05. The molecule has 0 aliphatic rings. The number of hydrogen-bond acceptors (Lipinski definition) is 1. The molecule has 12 heavy (non-hydrogen) atoms. The van der Waals surface area contributed by atoms with Gasteiger partial charge in [-0.1, -0.05) is 0 Å². The smallest absolute Gasteiger partial charge is 0.247 e. The van der Waals surface area contributed by atoms with Crippen LogP contribution in [0, 0.1) is 9.52 Å². The van der Waals surface area contributed by atoms with Crippen LogP contribution >= 0.6 is 22.6 Å². The zero-order chi connectivity index (χ0) is 9.35. The number of hydrogen-bond donors (Lipinski definition) is 0. The summed E-state index contributed by atoms with van der Waals surface area (Å²) < 4.78 is 48.5. The predicted octanol–water partition coefficient (Wildman–Crippen LogP) is 2.84. The van der Waals surface area contributed by atoms with E-state index in [0.29, 0.717) is 12.3 Å². The molecule has 1 aromatic heterocycles. The minimum atomic E-state index is -4.65. The van der Waals surface area contributed by atoms with Gasteiger partial charge >= 0.3 is 6.18 Å². The van der Waals surface area contributed by atoms with Crippen molar-refractivity contribution in [1.82, 2.24) is 4.98 Å². The summed E-state index contributed by atoms with van der Waals surface area (Å²) in [6.07, 6.45) is -4.09. The Hall–Kier alpha value is -0.400. The van der Waals surface area contributed by atoms with Crippen LogP contribution < -0.4 is 0 Å². The van der Waals surface area contributed by atoms with Crippen LogP contribution in [0.4, 0.5) is 17.6 Å². The van der Waals surface area contributed by atoms with Gasteiger partial charge in [0.15, 0.2) is 5.82 Å². The average molecular weight is 291 g/mol. The van der Waals surface area contributed by atoms with Crippen LogP contribution in [0.25, 0.3) is 0 Å². The van der Waals surface area contributed by atoms with E-state index in [1.54, 1.807) is 22.6 Å². The number of halogens is 5. The van der Waals surface area contributed by atoms with Crippen LogP contribution in [0.3, 0.4) is 0 Å². The summed E-state index contributed by atoms with van der Waals surface area (Å²) in [4.78, 5) is 3.36. The van der Waals surface area contributed by atoms with Crippen molar-refractivity contribution >= 4 is 22.6 Å². The Labute approximate surface area is 78.9 Å². The fraction of sp³-hybridized carbons (Fsp3) is 0.167. The molecule has 0 spiro atoms. The monoisotopic (exact) mass is 291 g/mol. The second-order valence-corrected chi connectivity index (χ2v) is 3.09. The first-order valence-corrected chi connectivity index (χ1v) is 3.87. The van der Waals surface area contributed by atoms with Gasteiger partial charge in [0.1, 0.15) is 3.70 Å². The van der Waals surface area contributed by atoms with E-state index in [9.17, 15) is 17.6 Å². The Balaban J connectivity index is 3.23. The summed E-state index contributed by atoms with van der Waals surface area (Å²) in [7, 11) is 0. The molecule has 0 aliphatic heterocycles. The molecule has 0 aromatic carbocycles. The molecule has 1 nitrogen and oxygen atoms in total. The van der Waals surface area contributed by atoms with Crippen molar-refractivity contribution in [3.8, 4) is 0 Å². The Morgan fingerprint density at radius 1 is 1.33 bits per heavy atom. The fourth-order valence-corrected chi connectivity index (χ4v) is 1.08. The fourth-order valence-electron chi connectivity index (χ4n) is 0.630. The van der Waals surface area contributed by atoms with Crippen LogP contribution in [-0.2, 0) is 6.18 Å². The predicted molar refractivity (Wildman–Crippen MR) is 41.9 cm³/mol. The van der Waals surface area contributed by atoms with Crippen molar-refractivity contribution in [3.63, 3.8) is 0 Å². The SMILES string of the molecule is Fc1cnc(I)cc1C(F)(F)F. The van der Waals surface area contributed by atoms with Crippen LogP contribution in [0.5, 0.6) is 0 Å². The highest BCUT2D eigenvalue weighted by Crippen LogP contribution is 2.31. The van der Waals surface area contributed by atoms with E-state index in [0.717, 1.165) is 0 Å². The Kier molecular flexibility index (Phi) is 2.55. The molecule has 1 rings (SSSR count). The van der Waals surface area contributed by atoms with E-state index in [4.69, 9.17) is 0 Å².